The molecule has 1 nitrogen and oxygen atoms in total. The fraction of sp³-hybridized carbons (Fsp3) is 0.714. The Morgan fingerprint density at radius 1 is 1.53 bits per heavy atom. The first-order valence-corrected chi connectivity index (χ1v) is 8.30. The summed E-state index contributed by atoms with van der Waals surface area (Å²) in [5.41, 5.74) is 0. The first-order valence-electron chi connectivity index (χ1n) is 6.63. The molecule has 1 aliphatic rings. The summed E-state index contributed by atoms with van der Waals surface area (Å²) < 4.78 is 1.23. The molecule has 1 heterocycles. The minimum atomic E-state index is 0.664. The summed E-state index contributed by atoms with van der Waals surface area (Å²) in [5, 5.41) is 5.72. The zero-order valence-corrected chi connectivity index (χ0v) is 13.1. The van der Waals surface area contributed by atoms with Crippen LogP contribution in [0.2, 0.25) is 0 Å². The summed E-state index contributed by atoms with van der Waals surface area (Å²) in [6.45, 7) is 2.33. The maximum atomic E-state index is 3.54. The van der Waals surface area contributed by atoms with Crippen molar-refractivity contribution >= 4 is 27.3 Å². The Hall–Kier alpha value is 0.140. The third-order valence-electron chi connectivity index (χ3n) is 4.14. The number of hydrogen-bond acceptors (Lipinski definition) is 2. The van der Waals surface area contributed by atoms with Crippen LogP contribution in [0, 0.1) is 11.8 Å². The predicted molar refractivity (Wildman–Crippen MR) is 79.7 cm³/mol. The fourth-order valence-corrected chi connectivity index (χ4v) is 4.54. The van der Waals surface area contributed by atoms with Gasteiger partial charge in [-0.25, -0.2) is 0 Å². The van der Waals surface area contributed by atoms with Crippen molar-refractivity contribution in [2.24, 2.45) is 11.8 Å². The number of hydrogen-bond donors (Lipinski definition) is 1. The summed E-state index contributed by atoms with van der Waals surface area (Å²) in [6.07, 6.45) is 6.82. The maximum Gasteiger partial charge on any atom is 0.0285 e. The van der Waals surface area contributed by atoms with Crippen LogP contribution in [-0.2, 0) is 6.42 Å². The van der Waals surface area contributed by atoms with Crippen LogP contribution in [0.25, 0.3) is 0 Å². The van der Waals surface area contributed by atoms with Gasteiger partial charge in [-0.1, -0.05) is 19.8 Å². The Balaban J connectivity index is 1.93. The van der Waals surface area contributed by atoms with Gasteiger partial charge < -0.3 is 5.32 Å². The second-order valence-electron chi connectivity index (χ2n) is 5.18. The maximum absolute atomic E-state index is 3.54. The van der Waals surface area contributed by atoms with E-state index in [1.807, 2.05) is 11.3 Å². The molecule has 3 unspecified atom stereocenters. The number of nitrogens with one attached hydrogen (secondary N) is 1. The molecule has 0 amide bonds. The van der Waals surface area contributed by atoms with E-state index < -0.39 is 0 Å². The van der Waals surface area contributed by atoms with Crippen molar-refractivity contribution in [3.05, 3.63) is 20.8 Å². The van der Waals surface area contributed by atoms with E-state index in [0.29, 0.717) is 6.04 Å². The van der Waals surface area contributed by atoms with Gasteiger partial charge in [-0.15, -0.1) is 11.3 Å². The standard InChI is InChI=1S/C14H22BrNS/c1-3-10-4-5-11(6-10)14(16-2)8-13-7-12(15)9-17-13/h7,9-11,14,16H,3-6,8H2,1-2H3. The second kappa shape index (κ2) is 6.35. The van der Waals surface area contributed by atoms with E-state index >= 15 is 0 Å². The molecular weight excluding hydrogens is 294 g/mol. The lowest BCUT2D eigenvalue weighted by Crippen LogP contribution is -2.34. The molecule has 1 aromatic heterocycles. The molecule has 1 aliphatic carbocycles. The van der Waals surface area contributed by atoms with Gasteiger partial charge in [0, 0.05) is 20.8 Å². The number of likely N-dealkylation sites (N-methyl/N-ethyl adjacent to an activating group) is 1. The van der Waals surface area contributed by atoms with Crippen LogP contribution in [0.5, 0.6) is 0 Å². The summed E-state index contributed by atoms with van der Waals surface area (Å²) in [4.78, 5) is 1.50. The molecule has 3 heteroatoms. The monoisotopic (exact) mass is 315 g/mol. The highest BCUT2D eigenvalue weighted by molar-refractivity contribution is 9.10. The van der Waals surface area contributed by atoms with Gasteiger partial charge in [0.2, 0.25) is 0 Å². The SMILES string of the molecule is CCC1CCC(C(Cc2cc(Br)cs2)NC)C1. The lowest BCUT2D eigenvalue weighted by atomic mass is 9.93. The van der Waals surface area contributed by atoms with Crippen molar-refractivity contribution in [3.63, 3.8) is 0 Å². The molecule has 3 atom stereocenters. The van der Waals surface area contributed by atoms with Crippen LogP contribution in [0.15, 0.2) is 15.9 Å². The van der Waals surface area contributed by atoms with Gasteiger partial charge in [0.25, 0.3) is 0 Å². The topological polar surface area (TPSA) is 12.0 Å². The molecule has 0 aliphatic heterocycles. The van der Waals surface area contributed by atoms with Crippen molar-refractivity contribution in [1.82, 2.24) is 5.32 Å². The average molecular weight is 316 g/mol. The van der Waals surface area contributed by atoms with E-state index in [1.165, 1.54) is 41.5 Å². The molecule has 0 saturated heterocycles. The summed E-state index contributed by atoms with van der Waals surface area (Å²) in [5.74, 6) is 1.86. The molecule has 1 aromatic rings. The Morgan fingerprint density at radius 2 is 2.35 bits per heavy atom. The van der Waals surface area contributed by atoms with Crippen molar-refractivity contribution in [2.45, 2.75) is 45.1 Å². The number of rotatable bonds is 5. The zero-order valence-electron chi connectivity index (χ0n) is 10.7. The van der Waals surface area contributed by atoms with Gasteiger partial charge in [-0.3, -0.25) is 0 Å². The second-order valence-corrected chi connectivity index (χ2v) is 7.09. The molecule has 0 bridgehead atoms. The van der Waals surface area contributed by atoms with Crippen molar-refractivity contribution in [2.75, 3.05) is 7.05 Å². The molecule has 0 radical (unpaired) electrons. The van der Waals surface area contributed by atoms with E-state index in [9.17, 15) is 0 Å². The summed E-state index contributed by atoms with van der Waals surface area (Å²) in [7, 11) is 2.12. The van der Waals surface area contributed by atoms with Crippen molar-refractivity contribution in [3.8, 4) is 0 Å². The number of halogens is 1. The quantitative estimate of drug-likeness (QED) is 0.845. The normalized spacial score (nSPS) is 26.3. The van der Waals surface area contributed by atoms with Crippen LogP contribution < -0.4 is 5.32 Å². The highest BCUT2D eigenvalue weighted by atomic mass is 79.9. The van der Waals surface area contributed by atoms with E-state index in [-0.39, 0.29) is 0 Å². The van der Waals surface area contributed by atoms with E-state index in [1.54, 1.807) is 0 Å². The van der Waals surface area contributed by atoms with Gasteiger partial charge in [-0.2, -0.15) is 0 Å². The van der Waals surface area contributed by atoms with Crippen LogP contribution in [0.4, 0.5) is 0 Å². The minimum absolute atomic E-state index is 0.664. The third-order valence-corrected chi connectivity index (χ3v) is 5.86. The Labute approximate surface area is 117 Å². The van der Waals surface area contributed by atoms with Crippen molar-refractivity contribution < 1.29 is 0 Å². The predicted octanol–water partition coefficient (Wildman–Crippen LogP) is 4.47. The summed E-state index contributed by atoms with van der Waals surface area (Å²) >= 11 is 5.41. The first-order chi connectivity index (χ1) is 8.22. The zero-order chi connectivity index (χ0) is 12.3. The lowest BCUT2D eigenvalue weighted by Gasteiger charge is -2.22. The van der Waals surface area contributed by atoms with Crippen LogP contribution in [0.3, 0.4) is 0 Å². The highest BCUT2D eigenvalue weighted by Crippen LogP contribution is 2.36. The minimum Gasteiger partial charge on any atom is -0.316 e. The van der Waals surface area contributed by atoms with E-state index in [4.69, 9.17) is 0 Å². The van der Waals surface area contributed by atoms with Crippen molar-refractivity contribution in [1.29, 1.82) is 0 Å². The molecule has 0 spiro atoms. The lowest BCUT2D eigenvalue weighted by molar-refractivity contribution is 0.363. The largest absolute Gasteiger partial charge is 0.316 e. The summed E-state index contributed by atoms with van der Waals surface area (Å²) in [6, 6.07) is 2.93. The van der Waals surface area contributed by atoms with Gasteiger partial charge in [-0.05, 0) is 60.1 Å². The van der Waals surface area contributed by atoms with E-state index in [0.717, 1.165) is 11.8 Å². The van der Waals surface area contributed by atoms with Crippen LogP contribution >= 0.6 is 27.3 Å². The average Bonchev–Trinajstić information content (AvgIpc) is 2.94. The molecule has 1 N–H and O–H groups in total. The Kier molecular flexibility index (Phi) is 5.07. The molecule has 2 rings (SSSR count). The molecule has 1 saturated carbocycles. The van der Waals surface area contributed by atoms with Gasteiger partial charge in [0.05, 0.1) is 0 Å². The van der Waals surface area contributed by atoms with Gasteiger partial charge >= 0.3 is 0 Å². The molecule has 1 fully saturated rings. The van der Waals surface area contributed by atoms with E-state index in [2.05, 4.69) is 46.7 Å². The highest BCUT2D eigenvalue weighted by Gasteiger charge is 2.29. The first kappa shape index (κ1) is 13.6. The molecule has 0 aromatic carbocycles. The number of thiophene rings is 1. The Morgan fingerprint density at radius 3 is 2.88 bits per heavy atom. The fourth-order valence-electron chi connectivity index (χ4n) is 3.03. The van der Waals surface area contributed by atoms with Gasteiger partial charge in [0.15, 0.2) is 0 Å². The smallest absolute Gasteiger partial charge is 0.0285 e. The molecule has 96 valence electrons. The molecule has 17 heavy (non-hydrogen) atoms. The Bertz CT molecular complexity index is 350. The van der Waals surface area contributed by atoms with Gasteiger partial charge in [0.1, 0.15) is 0 Å². The van der Waals surface area contributed by atoms with Crippen LogP contribution in [0.1, 0.15) is 37.5 Å². The van der Waals surface area contributed by atoms with Crippen LogP contribution in [-0.4, -0.2) is 13.1 Å². The molecular formula is C14H22BrNS. The third kappa shape index (κ3) is 3.55.